The zero-order valence-electron chi connectivity index (χ0n) is 15.3. The standard InChI is InChI=1S/C19H28N2O3/c1-13(2)18(22)20-8-10-21(11-9-20)19(23)16-6-7-17(15(5)12-16)24-14(3)4/h6-7,12-14H,8-11H2,1-5H3. The summed E-state index contributed by atoms with van der Waals surface area (Å²) in [5, 5.41) is 0. The zero-order valence-corrected chi connectivity index (χ0v) is 15.3. The third-order valence-electron chi connectivity index (χ3n) is 4.16. The number of carbonyl (C=O) groups is 2. The summed E-state index contributed by atoms with van der Waals surface area (Å²) in [5.74, 6) is 0.997. The number of aryl methyl sites for hydroxylation is 1. The first-order valence-corrected chi connectivity index (χ1v) is 8.65. The van der Waals surface area contributed by atoms with E-state index in [2.05, 4.69) is 0 Å². The van der Waals surface area contributed by atoms with Gasteiger partial charge in [0.15, 0.2) is 0 Å². The Bertz CT molecular complexity index is 603. The van der Waals surface area contributed by atoms with Gasteiger partial charge in [-0.1, -0.05) is 13.8 Å². The molecular weight excluding hydrogens is 304 g/mol. The molecule has 2 rings (SSSR count). The maximum Gasteiger partial charge on any atom is 0.253 e. The maximum atomic E-state index is 12.7. The molecule has 0 atom stereocenters. The second-order valence-corrected chi connectivity index (χ2v) is 6.92. The van der Waals surface area contributed by atoms with Crippen LogP contribution in [0.25, 0.3) is 0 Å². The fourth-order valence-electron chi connectivity index (χ4n) is 2.85. The maximum absolute atomic E-state index is 12.7. The van der Waals surface area contributed by atoms with E-state index in [9.17, 15) is 9.59 Å². The molecule has 1 fully saturated rings. The van der Waals surface area contributed by atoms with Crippen molar-refractivity contribution in [3.05, 3.63) is 29.3 Å². The predicted octanol–water partition coefficient (Wildman–Crippen LogP) is 2.72. The minimum Gasteiger partial charge on any atom is -0.491 e. The molecule has 1 saturated heterocycles. The van der Waals surface area contributed by atoms with Gasteiger partial charge in [-0.05, 0) is 44.5 Å². The lowest BCUT2D eigenvalue weighted by molar-refractivity contribution is -0.135. The van der Waals surface area contributed by atoms with E-state index in [0.29, 0.717) is 31.7 Å². The molecule has 1 aromatic rings. The van der Waals surface area contributed by atoms with Gasteiger partial charge in [-0.3, -0.25) is 9.59 Å². The molecule has 2 amide bonds. The van der Waals surface area contributed by atoms with Crippen LogP contribution in [0.5, 0.6) is 5.75 Å². The molecule has 0 spiro atoms. The highest BCUT2D eigenvalue weighted by Gasteiger charge is 2.26. The smallest absolute Gasteiger partial charge is 0.253 e. The lowest BCUT2D eigenvalue weighted by atomic mass is 10.1. The molecule has 0 saturated carbocycles. The Morgan fingerprint density at radius 2 is 1.58 bits per heavy atom. The topological polar surface area (TPSA) is 49.9 Å². The molecule has 1 heterocycles. The van der Waals surface area contributed by atoms with Crippen LogP contribution in [0.3, 0.4) is 0 Å². The molecular formula is C19H28N2O3. The molecule has 0 N–H and O–H groups in total. The van der Waals surface area contributed by atoms with Crippen LogP contribution < -0.4 is 4.74 Å². The second kappa shape index (κ2) is 7.69. The van der Waals surface area contributed by atoms with Crippen LogP contribution in [0.15, 0.2) is 18.2 Å². The zero-order chi connectivity index (χ0) is 17.9. The van der Waals surface area contributed by atoms with E-state index in [-0.39, 0.29) is 23.8 Å². The molecule has 5 heteroatoms. The number of benzene rings is 1. The van der Waals surface area contributed by atoms with Gasteiger partial charge in [0.2, 0.25) is 5.91 Å². The lowest BCUT2D eigenvalue weighted by Gasteiger charge is -2.35. The highest BCUT2D eigenvalue weighted by Crippen LogP contribution is 2.21. The summed E-state index contributed by atoms with van der Waals surface area (Å²) in [5.41, 5.74) is 1.63. The summed E-state index contributed by atoms with van der Waals surface area (Å²) >= 11 is 0. The number of carbonyl (C=O) groups excluding carboxylic acids is 2. The van der Waals surface area contributed by atoms with E-state index < -0.39 is 0 Å². The number of ether oxygens (including phenoxy) is 1. The number of nitrogens with zero attached hydrogens (tertiary/aromatic N) is 2. The van der Waals surface area contributed by atoms with Crippen molar-refractivity contribution in [1.29, 1.82) is 0 Å². The first-order valence-electron chi connectivity index (χ1n) is 8.65. The van der Waals surface area contributed by atoms with Crippen molar-refractivity contribution in [3.63, 3.8) is 0 Å². The molecule has 0 radical (unpaired) electrons. The third-order valence-corrected chi connectivity index (χ3v) is 4.16. The Hall–Kier alpha value is -2.04. The van der Waals surface area contributed by atoms with Crippen LogP contribution in [0, 0.1) is 12.8 Å². The van der Waals surface area contributed by atoms with Crippen molar-refractivity contribution >= 4 is 11.8 Å². The fraction of sp³-hybridized carbons (Fsp3) is 0.579. The Labute approximate surface area is 144 Å². The van der Waals surface area contributed by atoms with E-state index >= 15 is 0 Å². The van der Waals surface area contributed by atoms with Crippen molar-refractivity contribution in [2.45, 2.75) is 40.7 Å². The summed E-state index contributed by atoms with van der Waals surface area (Å²) in [6.45, 7) is 12.1. The van der Waals surface area contributed by atoms with E-state index in [1.54, 1.807) is 0 Å². The first-order chi connectivity index (χ1) is 11.3. The van der Waals surface area contributed by atoms with Gasteiger partial charge in [0.05, 0.1) is 6.10 Å². The molecule has 1 aromatic carbocycles. The van der Waals surface area contributed by atoms with Gasteiger partial charge in [0.25, 0.3) is 5.91 Å². The van der Waals surface area contributed by atoms with Crippen LogP contribution in [0.1, 0.15) is 43.6 Å². The molecule has 1 aliphatic heterocycles. The van der Waals surface area contributed by atoms with Crippen LogP contribution >= 0.6 is 0 Å². The average molecular weight is 332 g/mol. The van der Waals surface area contributed by atoms with Crippen molar-refractivity contribution in [2.24, 2.45) is 5.92 Å². The van der Waals surface area contributed by atoms with Gasteiger partial charge >= 0.3 is 0 Å². The average Bonchev–Trinajstić information content (AvgIpc) is 2.55. The summed E-state index contributed by atoms with van der Waals surface area (Å²) in [7, 11) is 0. The first kappa shape index (κ1) is 18.3. The second-order valence-electron chi connectivity index (χ2n) is 6.92. The lowest BCUT2D eigenvalue weighted by Crippen LogP contribution is -2.51. The number of hydrogen-bond acceptors (Lipinski definition) is 3. The molecule has 0 bridgehead atoms. The number of piperazine rings is 1. The highest BCUT2D eigenvalue weighted by molar-refractivity contribution is 5.94. The van der Waals surface area contributed by atoms with Gasteiger partial charge in [0.1, 0.15) is 5.75 Å². The predicted molar refractivity (Wildman–Crippen MR) is 94.3 cm³/mol. The molecule has 1 aliphatic rings. The van der Waals surface area contributed by atoms with Gasteiger partial charge in [-0.15, -0.1) is 0 Å². The summed E-state index contributed by atoms with van der Waals surface area (Å²) in [4.78, 5) is 28.4. The number of amides is 2. The highest BCUT2D eigenvalue weighted by atomic mass is 16.5. The van der Waals surface area contributed by atoms with Gasteiger partial charge in [-0.2, -0.15) is 0 Å². The van der Waals surface area contributed by atoms with Crippen LogP contribution in [-0.2, 0) is 4.79 Å². The minimum atomic E-state index is 0.00315. The van der Waals surface area contributed by atoms with Crippen molar-refractivity contribution < 1.29 is 14.3 Å². The molecule has 5 nitrogen and oxygen atoms in total. The van der Waals surface area contributed by atoms with E-state index in [1.807, 2.05) is 62.6 Å². The van der Waals surface area contributed by atoms with Gasteiger partial charge in [0, 0.05) is 37.7 Å². The van der Waals surface area contributed by atoms with Crippen LogP contribution in [0.2, 0.25) is 0 Å². The normalized spacial score (nSPS) is 15.1. The summed E-state index contributed by atoms with van der Waals surface area (Å²) in [6, 6.07) is 5.56. The molecule has 0 aromatic heterocycles. The Morgan fingerprint density at radius 1 is 1.00 bits per heavy atom. The van der Waals surface area contributed by atoms with Crippen LogP contribution in [0.4, 0.5) is 0 Å². The number of rotatable bonds is 4. The van der Waals surface area contributed by atoms with E-state index in [0.717, 1.165) is 11.3 Å². The van der Waals surface area contributed by atoms with Crippen molar-refractivity contribution in [2.75, 3.05) is 26.2 Å². The molecule has 132 valence electrons. The summed E-state index contributed by atoms with van der Waals surface area (Å²) in [6.07, 6.45) is 0.108. The Morgan fingerprint density at radius 3 is 2.08 bits per heavy atom. The van der Waals surface area contributed by atoms with E-state index in [1.165, 1.54) is 0 Å². The SMILES string of the molecule is Cc1cc(C(=O)N2CCN(C(=O)C(C)C)CC2)ccc1OC(C)C. The minimum absolute atomic E-state index is 0.00315. The van der Waals surface area contributed by atoms with Crippen molar-refractivity contribution in [1.82, 2.24) is 9.80 Å². The Balaban J connectivity index is 2.00. The fourth-order valence-corrected chi connectivity index (χ4v) is 2.85. The van der Waals surface area contributed by atoms with Crippen LogP contribution in [-0.4, -0.2) is 53.9 Å². The third kappa shape index (κ3) is 4.28. The quantitative estimate of drug-likeness (QED) is 0.852. The van der Waals surface area contributed by atoms with E-state index in [4.69, 9.17) is 4.74 Å². The molecule has 0 unspecified atom stereocenters. The summed E-state index contributed by atoms with van der Waals surface area (Å²) < 4.78 is 5.72. The Kier molecular flexibility index (Phi) is 5.86. The van der Waals surface area contributed by atoms with Crippen molar-refractivity contribution in [3.8, 4) is 5.75 Å². The molecule has 0 aliphatic carbocycles. The largest absolute Gasteiger partial charge is 0.491 e. The monoisotopic (exact) mass is 332 g/mol. The van der Waals surface area contributed by atoms with Gasteiger partial charge in [-0.25, -0.2) is 0 Å². The van der Waals surface area contributed by atoms with Gasteiger partial charge < -0.3 is 14.5 Å². The number of hydrogen-bond donors (Lipinski definition) is 0. The molecule has 24 heavy (non-hydrogen) atoms.